The zero-order chi connectivity index (χ0) is 11.6. The van der Waals surface area contributed by atoms with Gasteiger partial charge in [-0.1, -0.05) is 0 Å². The molecule has 82 valence electrons. The number of hydrogen-bond donors (Lipinski definition) is 1. The number of carboxylic acids is 1. The smallest absolute Gasteiger partial charge is 0.336 e. The summed E-state index contributed by atoms with van der Waals surface area (Å²) < 4.78 is 6.33. The molecule has 0 radical (unpaired) electrons. The first-order chi connectivity index (χ1) is 6.93. The number of carboxylic acid groups (broad SMARTS) is 1. The van der Waals surface area contributed by atoms with Crippen molar-refractivity contribution in [2.75, 3.05) is 0 Å². The van der Waals surface area contributed by atoms with E-state index in [1.165, 1.54) is 0 Å². The van der Waals surface area contributed by atoms with Crippen molar-refractivity contribution in [1.82, 2.24) is 0 Å². The molecule has 0 saturated carbocycles. The molecular weight excluding hydrogens is 260 g/mol. The van der Waals surface area contributed by atoms with Crippen molar-refractivity contribution in [3.63, 3.8) is 0 Å². The number of halogens is 1. The highest BCUT2D eigenvalue weighted by molar-refractivity contribution is 9.10. The maximum atomic E-state index is 10.9. The molecule has 1 rings (SSSR count). The van der Waals surface area contributed by atoms with Gasteiger partial charge in [0.05, 0.1) is 16.1 Å². The maximum absolute atomic E-state index is 10.9. The minimum absolute atomic E-state index is 0.0176. The fourth-order valence-corrected chi connectivity index (χ4v) is 1.79. The molecule has 0 unspecified atom stereocenters. The second-order valence-corrected chi connectivity index (χ2v) is 4.38. The molecule has 0 saturated heterocycles. The van der Waals surface area contributed by atoms with Gasteiger partial charge >= 0.3 is 5.97 Å². The van der Waals surface area contributed by atoms with Gasteiger partial charge in [-0.15, -0.1) is 0 Å². The van der Waals surface area contributed by atoms with E-state index in [2.05, 4.69) is 15.9 Å². The van der Waals surface area contributed by atoms with Crippen molar-refractivity contribution in [2.45, 2.75) is 26.9 Å². The third-order valence-electron chi connectivity index (χ3n) is 1.94. The minimum atomic E-state index is -0.936. The summed E-state index contributed by atoms with van der Waals surface area (Å²) >= 11 is 3.34. The summed E-state index contributed by atoms with van der Waals surface area (Å²) in [4.78, 5) is 10.9. The topological polar surface area (TPSA) is 46.5 Å². The van der Waals surface area contributed by atoms with Gasteiger partial charge in [0.25, 0.3) is 0 Å². The molecule has 0 aromatic heterocycles. The van der Waals surface area contributed by atoms with Crippen molar-refractivity contribution < 1.29 is 14.6 Å². The Balaban J connectivity index is 3.24. The highest BCUT2D eigenvalue weighted by Gasteiger charge is 2.15. The summed E-state index contributed by atoms with van der Waals surface area (Å²) in [6.45, 7) is 5.55. The SMILES string of the molecule is Cc1c(C(=O)O)ccc(Br)c1OC(C)C. The molecule has 4 heteroatoms. The van der Waals surface area contributed by atoms with Gasteiger partial charge in [0, 0.05) is 5.56 Å². The van der Waals surface area contributed by atoms with E-state index in [4.69, 9.17) is 9.84 Å². The van der Waals surface area contributed by atoms with Gasteiger partial charge in [-0.05, 0) is 48.8 Å². The quantitative estimate of drug-likeness (QED) is 0.919. The largest absolute Gasteiger partial charge is 0.490 e. The molecule has 0 spiro atoms. The average molecular weight is 273 g/mol. The first kappa shape index (κ1) is 12.0. The number of hydrogen-bond acceptors (Lipinski definition) is 2. The van der Waals surface area contributed by atoms with Crippen LogP contribution in [0.4, 0.5) is 0 Å². The molecule has 1 N–H and O–H groups in total. The van der Waals surface area contributed by atoms with Crippen LogP contribution in [0, 0.1) is 6.92 Å². The molecule has 0 aliphatic rings. The van der Waals surface area contributed by atoms with Crippen LogP contribution >= 0.6 is 15.9 Å². The molecule has 0 amide bonds. The maximum Gasteiger partial charge on any atom is 0.336 e. The van der Waals surface area contributed by atoms with Crippen LogP contribution in [0.2, 0.25) is 0 Å². The van der Waals surface area contributed by atoms with Crippen molar-refractivity contribution in [2.24, 2.45) is 0 Å². The first-order valence-electron chi connectivity index (χ1n) is 4.62. The molecule has 3 nitrogen and oxygen atoms in total. The van der Waals surface area contributed by atoms with Crippen LogP contribution in [0.1, 0.15) is 29.8 Å². The van der Waals surface area contributed by atoms with Gasteiger partial charge < -0.3 is 9.84 Å². The highest BCUT2D eigenvalue weighted by atomic mass is 79.9. The van der Waals surface area contributed by atoms with E-state index in [9.17, 15) is 4.79 Å². The minimum Gasteiger partial charge on any atom is -0.490 e. The Morgan fingerprint density at radius 1 is 1.47 bits per heavy atom. The second-order valence-electron chi connectivity index (χ2n) is 3.52. The number of benzene rings is 1. The predicted octanol–water partition coefficient (Wildman–Crippen LogP) is 3.24. The molecule has 0 aliphatic heterocycles. The Bertz CT molecular complexity index is 386. The Labute approximate surface area is 97.2 Å². The molecule has 0 fully saturated rings. The van der Waals surface area contributed by atoms with Gasteiger partial charge in [-0.2, -0.15) is 0 Å². The lowest BCUT2D eigenvalue weighted by molar-refractivity contribution is 0.0695. The predicted molar refractivity (Wildman–Crippen MR) is 61.6 cm³/mol. The van der Waals surface area contributed by atoms with E-state index in [0.29, 0.717) is 11.3 Å². The average Bonchev–Trinajstić information content (AvgIpc) is 2.11. The van der Waals surface area contributed by atoms with Gasteiger partial charge in [0.2, 0.25) is 0 Å². The number of aromatic carboxylic acids is 1. The van der Waals surface area contributed by atoms with Crippen molar-refractivity contribution in [1.29, 1.82) is 0 Å². The number of carbonyl (C=O) groups is 1. The van der Waals surface area contributed by atoms with Crippen LogP contribution in [0.5, 0.6) is 5.75 Å². The lowest BCUT2D eigenvalue weighted by atomic mass is 10.1. The van der Waals surface area contributed by atoms with E-state index in [1.807, 2.05) is 13.8 Å². The van der Waals surface area contributed by atoms with E-state index in [-0.39, 0.29) is 11.7 Å². The molecule has 0 bridgehead atoms. The standard InChI is InChI=1S/C11H13BrO3/c1-6(2)15-10-7(3)8(11(13)14)4-5-9(10)12/h4-6H,1-3H3,(H,13,14). The van der Waals surface area contributed by atoms with E-state index < -0.39 is 5.97 Å². The van der Waals surface area contributed by atoms with Gasteiger partial charge in [0.15, 0.2) is 0 Å². The monoisotopic (exact) mass is 272 g/mol. The summed E-state index contributed by atoms with van der Waals surface area (Å²) in [6.07, 6.45) is 0.0176. The zero-order valence-corrected chi connectivity index (χ0v) is 10.5. The molecule has 1 aromatic rings. The summed E-state index contributed by atoms with van der Waals surface area (Å²) in [5.74, 6) is -0.335. The molecule has 0 heterocycles. The summed E-state index contributed by atoms with van der Waals surface area (Å²) in [5.41, 5.74) is 0.916. The zero-order valence-electron chi connectivity index (χ0n) is 8.87. The molecule has 1 aromatic carbocycles. The molecule has 0 aliphatic carbocycles. The second kappa shape index (κ2) is 4.66. The highest BCUT2D eigenvalue weighted by Crippen LogP contribution is 2.31. The molecule has 0 atom stereocenters. The van der Waals surface area contributed by atoms with Crippen LogP contribution in [0.3, 0.4) is 0 Å². The fourth-order valence-electron chi connectivity index (χ4n) is 1.27. The van der Waals surface area contributed by atoms with Crippen LogP contribution in [0.15, 0.2) is 16.6 Å². The summed E-state index contributed by atoms with van der Waals surface area (Å²) in [6, 6.07) is 3.25. The van der Waals surface area contributed by atoms with Gasteiger partial charge in [-0.3, -0.25) is 0 Å². The summed E-state index contributed by atoms with van der Waals surface area (Å²) in [7, 11) is 0. The van der Waals surface area contributed by atoms with E-state index >= 15 is 0 Å². The molecule has 15 heavy (non-hydrogen) atoms. The lowest BCUT2D eigenvalue weighted by Crippen LogP contribution is -2.09. The number of rotatable bonds is 3. The Hall–Kier alpha value is -1.03. The normalized spacial score (nSPS) is 10.5. The lowest BCUT2D eigenvalue weighted by Gasteiger charge is -2.15. The van der Waals surface area contributed by atoms with Crippen molar-refractivity contribution >= 4 is 21.9 Å². The van der Waals surface area contributed by atoms with Gasteiger partial charge in [-0.25, -0.2) is 4.79 Å². The fraction of sp³-hybridized carbons (Fsp3) is 0.364. The number of ether oxygens (including phenoxy) is 1. The molecular formula is C11H13BrO3. The Morgan fingerprint density at radius 3 is 2.53 bits per heavy atom. The van der Waals surface area contributed by atoms with Gasteiger partial charge in [0.1, 0.15) is 5.75 Å². The van der Waals surface area contributed by atoms with Crippen LogP contribution in [0.25, 0.3) is 0 Å². The van der Waals surface area contributed by atoms with Crippen LogP contribution in [-0.4, -0.2) is 17.2 Å². The Morgan fingerprint density at radius 2 is 2.07 bits per heavy atom. The third kappa shape index (κ3) is 2.72. The first-order valence-corrected chi connectivity index (χ1v) is 5.41. The van der Waals surface area contributed by atoms with Crippen LogP contribution < -0.4 is 4.74 Å². The Kier molecular flexibility index (Phi) is 3.74. The summed E-state index contributed by atoms with van der Waals surface area (Å²) in [5, 5.41) is 8.94. The van der Waals surface area contributed by atoms with Crippen molar-refractivity contribution in [3.05, 3.63) is 27.7 Å². The van der Waals surface area contributed by atoms with Crippen molar-refractivity contribution in [3.8, 4) is 5.75 Å². The third-order valence-corrected chi connectivity index (χ3v) is 2.57. The van der Waals surface area contributed by atoms with E-state index in [1.54, 1.807) is 19.1 Å². The van der Waals surface area contributed by atoms with E-state index in [0.717, 1.165) is 4.47 Å². The van der Waals surface area contributed by atoms with Crippen LogP contribution in [-0.2, 0) is 0 Å².